The van der Waals surface area contributed by atoms with Crippen LogP contribution in [-0.4, -0.2) is 48.2 Å². The van der Waals surface area contributed by atoms with Gasteiger partial charge in [0, 0.05) is 17.3 Å². The number of fused-ring (bicyclic) bond motifs is 1. The molecule has 11 heteroatoms. The third-order valence-electron chi connectivity index (χ3n) is 6.23. The number of benzene rings is 3. The average Bonchev–Trinajstić information content (AvgIpc) is 3.47. The lowest BCUT2D eigenvalue weighted by Crippen LogP contribution is -2.37. The number of urea groups is 1. The first-order valence-electron chi connectivity index (χ1n) is 12.2. The monoisotopic (exact) mass is 549 g/mol. The summed E-state index contributed by atoms with van der Waals surface area (Å²) in [6, 6.07) is 16.2. The van der Waals surface area contributed by atoms with Crippen molar-refractivity contribution in [1.82, 2.24) is 4.90 Å². The highest BCUT2D eigenvalue weighted by Gasteiger charge is 2.46. The summed E-state index contributed by atoms with van der Waals surface area (Å²) in [7, 11) is 0. The molecule has 1 atom stereocenters. The molecule has 0 bridgehead atoms. The molecule has 2 aliphatic rings. The highest BCUT2D eigenvalue weighted by atomic mass is 35.5. The van der Waals surface area contributed by atoms with Gasteiger partial charge < -0.3 is 24.4 Å². The third-order valence-corrected chi connectivity index (χ3v) is 6.47. The molecular weight excluding hydrogens is 526 g/mol. The molecule has 1 N–H and O–H groups in total. The van der Waals surface area contributed by atoms with Crippen LogP contribution < -0.4 is 19.7 Å². The van der Waals surface area contributed by atoms with Gasteiger partial charge in [-0.3, -0.25) is 9.59 Å². The number of amides is 4. The van der Waals surface area contributed by atoms with E-state index < -0.39 is 29.9 Å². The van der Waals surface area contributed by atoms with E-state index in [-0.39, 0.29) is 26.4 Å². The van der Waals surface area contributed by atoms with Crippen molar-refractivity contribution >= 4 is 46.8 Å². The van der Waals surface area contributed by atoms with Gasteiger partial charge in [-0.1, -0.05) is 23.7 Å². The lowest BCUT2D eigenvalue weighted by molar-refractivity contribution is -0.124. The number of carbonyl (C=O) groups is 4. The molecule has 3 aromatic carbocycles. The fraction of sp³-hybridized carbons (Fsp3) is 0.214. The molecule has 1 unspecified atom stereocenters. The highest BCUT2D eigenvalue weighted by Crippen LogP contribution is 2.35. The number of anilines is 2. The van der Waals surface area contributed by atoms with Gasteiger partial charge in [-0.2, -0.15) is 0 Å². The van der Waals surface area contributed by atoms with Crippen molar-refractivity contribution in [2.45, 2.75) is 25.9 Å². The molecule has 3 aromatic rings. The van der Waals surface area contributed by atoms with Crippen LogP contribution in [0.1, 0.15) is 29.3 Å². The smallest absolute Gasteiger partial charge is 0.338 e. The number of esters is 1. The number of carbonyl (C=O) groups excluding carboxylic acids is 4. The topological polar surface area (TPSA) is 114 Å². The Kier molecular flexibility index (Phi) is 7.38. The molecule has 4 amide bonds. The summed E-state index contributed by atoms with van der Waals surface area (Å²) in [5, 5.41) is 3.09. The summed E-state index contributed by atoms with van der Waals surface area (Å²) < 4.78 is 15.8. The van der Waals surface area contributed by atoms with Crippen LogP contribution in [-0.2, 0) is 20.9 Å². The molecule has 10 nitrogen and oxygen atoms in total. The van der Waals surface area contributed by atoms with Crippen LogP contribution in [0.3, 0.4) is 0 Å². The molecule has 0 spiro atoms. The molecular formula is C28H24ClN3O7. The fourth-order valence-electron chi connectivity index (χ4n) is 4.39. The van der Waals surface area contributed by atoms with Gasteiger partial charge in [-0.15, -0.1) is 0 Å². The van der Waals surface area contributed by atoms with Crippen molar-refractivity contribution in [2.24, 2.45) is 0 Å². The fourth-order valence-corrected chi connectivity index (χ4v) is 4.58. The second-order valence-electron chi connectivity index (χ2n) is 8.82. The van der Waals surface area contributed by atoms with Crippen LogP contribution in [0, 0.1) is 0 Å². The number of ether oxygens (including phenoxy) is 3. The lowest BCUT2D eigenvalue weighted by Gasteiger charge is -2.22. The van der Waals surface area contributed by atoms with Crippen LogP contribution in [0.2, 0.25) is 5.02 Å². The van der Waals surface area contributed by atoms with Crippen molar-refractivity contribution in [2.75, 3.05) is 23.6 Å². The van der Waals surface area contributed by atoms with Gasteiger partial charge in [-0.05, 0) is 67.1 Å². The first-order valence-corrected chi connectivity index (χ1v) is 12.6. The molecule has 5 rings (SSSR count). The first kappa shape index (κ1) is 26.1. The Labute approximate surface area is 229 Å². The molecule has 0 aliphatic carbocycles. The second kappa shape index (κ2) is 11.0. The van der Waals surface area contributed by atoms with E-state index in [0.717, 1.165) is 4.90 Å². The summed E-state index contributed by atoms with van der Waals surface area (Å²) in [5.41, 5.74) is 1.79. The predicted octanol–water partition coefficient (Wildman–Crippen LogP) is 4.61. The molecule has 39 heavy (non-hydrogen) atoms. The molecule has 1 fully saturated rings. The SMILES string of the molecule is CCOC(=O)c1ccc(NC(=O)CC2C(=O)N(c3cccc(Cl)c3)C(=O)N2Cc2ccc3c(c2)OCO3)cc1. The van der Waals surface area contributed by atoms with Gasteiger partial charge in [0.15, 0.2) is 11.5 Å². The van der Waals surface area contributed by atoms with Crippen LogP contribution in [0.15, 0.2) is 66.7 Å². The molecule has 0 radical (unpaired) electrons. The van der Waals surface area contributed by atoms with E-state index in [4.69, 9.17) is 25.8 Å². The maximum atomic E-state index is 13.5. The number of nitrogens with one attached hydrogen (secondary N) is 1. The Balaban J connectivity index is 1.37. The summed E-state index contributed by atoms with van der Waals surface area (Å²) in [5.74, 6) is -0.360. The zero-order valence-electron chi connectivity index (χ0n) is 20.9. The van der Waals surface area contributed by atoms with Gasteiger partial charge >= 0.3 is 12.0 Å². The van der Waals surface area contributed by atoms with E-state index in [1.807, 2.05) is 0 Å². The van der Waals surface area contributed by atoms with Crippen molar-refractivity contribution in [3.63, 3.8) is 0 Å². The zero-order valence-corrected chi connectivity index (χ0v) is 21.6. The highest BCUT2D eigenvalue weighted by molar-refractivity contribution is 6.31. The van der Waals surface area contributed by atoms with Gasteiger partial charge in [-0.25, -0.2) is 14.5 Å². The van der Waals surface area contributed by atoms with Gasteiger partial charge in [0.1, 0.15) is 6.04 Å². The quantitative estimate of drug-likeness (QED) is 0.322. The molecule has 200 valence electrons. The summed E-state index contributed by atoms with van der Waals surface area (Å²) >= 11 is 6.12. The Morgan fingerprint density at radius 2 is 1.79 bits per heavy atom. The Morgan fingerprint density at radius 3 is 2.54 bits per heavy atom. The minimum atomic E-state index is -1.07. The Morgan fingerprint density at radius 1 is 1.03 bits per heavy atom. The van der Waals surface area contributed by atoms with E-state index in [0.29, 0.717) is 39.0 Å². The minimum Gasteiger partial charge on any atom is -0.462 e. The number of imide groups is 1. The van der Waals surface area contributed by atoms with Gasteiger partial charge in [0.2, 0.25) is 12.7 Å². The molecule has 2 heterocycles. The maximum Gasteiger partial charge on any atom is 0.338 e. The Bertz CT molecular complexity index is 1440. The van der Waals surface area contributed by atoms with Gasteiger partial charge in [0.05, 0.1) is 24.3 Å². The largest absolute Gasteiger partial charge is 0.462 e. The van der Waals surface area contributed by atoms with E-state index >= 15 is 0 Å². The Hall–Kier alpha value is -4.57. The van der Waals surface area contributed by atoms with E-state index in [2.05, 4.69) is 5.32 Å². The van der Waals surface area contributed by atoms with E-state index in [1.54, 1.807) is 55.5 Å². The maximum absolute atomic E-state index is 13.5. The first-order chi connectivity index (χ1) is 18.8. The van der Waals surface area contributed by atoms with Gasteiger partial charge in [0.25, 0.3) is 5.91 Å². The van der Waals surface area contributed by atoms with Crippen LogP contribution in [0.5, 0.6) is 11.5 Å². The molecule has 2 aliphatic heterocycles. The normalized spacial score (nSPS) is 16.0. The lowest BCUT2D eigenvalue weighted by atomic mass is 10.1. The van der Waals surface area contributed by atoms with E-state index in [9.17, 15) is 19.2 Å². The third kappa shape index (κ3) is 5.51. The van der Waals surface area contributed by atoms with Crippen molar-refractivity contribution in [3.05, 3.63) is 82.9 Å². The predicted molar refractivity (Wildman–Crippen MR) is 142 cm³/mol. The number of halogens is 1. The molecule has 0 aromatic heterocycles. The summed E-state index contributed by atoms with van der Waals surface area (Å²) in [6.07, 6.45) is -0.286. The van der Waals surface area contributed by atoms with Crippen LogP contribution >= 0.6 is 11.6 Å². The van der Waals surface area contributed by atoms with Crippen molar-refractivity contribution in [3.8, 4) is 11.5 Å². The summed E-state index contributed by atoms with van der Waals surface area (Å²) in [4.78, 5) is 54.3. The zero-order chi connectivity index (χ0) is 27.5. The second-order valence-corrected chi connectivity index (χ2v) is 9.25. The summed E-state index contributed by atoms with van der Waals surface area (Å²) in [6.45, 7) is 2.13. The number of rotatable bonds is 8. The average molecular weight is 550 g/mol. The van der Waals surface area contributed by atoms with Crippen LogP contribution in [0.4, 0.5) is 16.2 Å². The number of nitrogens with zero attached hydrogens (tertiary/aromatic N) is 2. The standard InChI is InChI=1S/C28H24ClN3O7/c1-2-37-27(35)18-7-9-20(10-8-18)30-25(33)14-22-26(34)32(21-5-3-4-19(29)13-21)28(36)31(22)15-17-6-11-23-24(12-17)39-16-38-23/h3-13,22H,2,14-16H2,1H3,(H,30,33). The van der Waals surface area contributed by atoms with Crippen molar-refractivity contribution < 1.29 is 33.4 Å². The molecule has 0 saturated carbocycles. The number of hydrogen-bond donors (Lipinski definition) is 1. The van der Waals surface area contributed by atoms with Crippen LogP contribution in [0.25, 0.3) is 0 Å². The molecule has 1 saturated heterocycles. The minimum absolute atomic E-state index is 0.0600. The van der Waals surface area contributed by atoms with E-state index in [1.165, 1.54) is 23.1 Å². The van der Waals surface area contributed by atoms with Crippen molar-refractivity contribution in [1.29, 1.82) is 0 Å². The number of hydrogen-bond acceptors (Lipinski definition) is 7.